The number of fused-ring (bicyclic) bond motifs is 1. The van der Waals surface area contributed by atoms with E-state index in [9.17, 15) is 0 Å². The second kappa shape index (κ2) is 11.1. The zero-order valence-corrected chi connectivity index (χ0v) is 22.2. The van der Waals surface area contributed by atoms with Gasteiger partial charge in [-0.1, -0.05) is 26.0 Å². The lowest BCUT2D eigenvalue weighted by Gasteiger charge is -2.23. The standard InChI is InChI=1S/C31H39N2O2/c1-7-22-19-24(32(9-3)10-4)13-15-26(22)28-17-18-29(31-30(28)34-21-35-31)27-16-14-25(20-23(27)8-2)33(11-5)12-6/h13-17,19-20H,7-12,21H2,1-6H3. The molecular weight excluding hydrogens is 432 g/mol. The normalized spacial score (nSPS) is 12.2. The molecule has 1 aliphatic rings. The minimum atomic E-state index is 0.241. The predicted molar refractivity (Wildman–Crippen MR) is 148 cm³/mol. The summed E-state index contributed by atoms with van der Waals surface area (Å²) in [7, 11) is 0. The van der Waals surface area contributed by atoms with Crippen LogP contribution < -0.4 is 19.3 Å². The van der Waals surface area contributed by atoms with E-state index in [1.807, 2.05) is 0 Å². The molecule has 0 N–H and O–H groups in total. The molecule has 0 spiro atoms. The third-order valence-corrected chi connectivity index (χ3v) is 7.20. The Kier molecular flexibility index (Phi) is 7.90. The van der Waals surface area contributed by atoms with Crippen LogP contribution in [0.3, 0.4) is 0 Å². The highest BCUT2D eigenvalue weighted by Gasteiger charge is 2.26. The highest BCUT2D eigenvalue weighted by molar-refractivity contribution is 5.86. The van der Waals surface area contributed by atoms with Crippen LogP contribution in [0, 0.1) is 6.07 Å². The predicted octanol–water partition coefficient (Wildman–Crippen LogP) is 7.37. The molecule has 0 saturated heterocycles. The molecule has 0 unspecified atom stereocenters. The van der Waals surface area contributed by atoms with Crippen molar-refractivity contribution in [2.75, 3.05) is 42.8 Å². The summed E-state index contributed by atoms with van der Waals surface area (Å²) in [6.07, 6.45) is 1.90. The van der Waals surface area contributed by atoms with Crippen LogP contribution in [0.4, 0.5) is 11.4 Å². The second-order valence-electron chi connectivity index (χ2n) is 8.88. The van der Waals surface area contributed by atoms with Crippen LogP contribution in [0.1, 0.15) is 52.7 Å². The summed E-state index contributed by atoms with van der Waals surface area (Å²) in [6, 6.07) is 19.2. The number of ether oxygens (including phenoxy) is 2. The Balaban J connectivity index is 1.79. The molecule has 0 atom stereocenters. The van der Waals surface area contributed by atoms with Gasteiger partial charge in [0.25, 0.3) is 0 Å². The van der Waals surface area contributed by atoms with Gasteiger partial charge in [0, 0.05) is 48.7 Å². The van der Waals surface area contributed by atoms with Gasteiger partial charge in [0.05, 0.1) is 0 Å². The Hall–Kier alpha value is -3.14. The van der Waals surface area contributed by atoms with Crippen molar-refractivity contribution in [1.29, 1.82) is 0 Å². The smallest absolute Gasteiger partial charge is 0.231 e. The van der Waals surface area contributed by atoms with Gasteiger partial charge in [-0.3, -0.25) is 0 Å². The number of anilines is 2. The molecule has 4 heteroatoms. The molecule has 1 heterocycles. The van der Waals surface area contributed by atoms with Crippen LogP contribution >= 0.6 is 0 Å². The highest BCUT2D eigenvalue weighted by Crippen LogP contribution is 2.49. The van der Waals surface area contributed by atoms with Crippen LogP contribution in [0.5, 0.6) is 11.5 Å². The van der Waals surface area contributed by atoms with Crippen molar-refractivity contribution in [2.45, 2.75) is 54.4 Å². The quantitative estimate of drug-likeness (QED) is 0.308. The highest BCUT2D eigenvalue weighted by atomic mass is 16.7. The molecule has 0 aromatic heterocycles. The maximum atomic E-state index is 6.08. The van der Waals surface area contributed by atoms with E-state index in [-0.39, 0.29) is 6.79 Å². The van der Waals surface area contributed by atoms with Gasteiger partial charge in [0.1, 0.15) is 0 Å². The molecular formula is C31H39N2O2. The van der Waals surface area contributed by atoms with Gasteiger partial charge in [0.2, 0.25) is 6.79 Å². The molecule has 4 nitrogen and oxygen atoms in total. The summed E-state index contributed by atoms with van der Waals surface area (Å²) >= 11 is 0. The first kappa shape index (κ1) is 25.0. The molecule has 0 fully saturated rings. The van der Waals surface area contributed by atoms with Gasteiger partial charge in [-0.2, -0.15) is 0 Å². The van der Waals surface area contributed by atoms with Crippen molar-refractivity contribution >= 4 is 11.4 Å². The first-order valence-electron chi connectivity index (χ1n) is 13.2. The van der Waals surface area contributed by atoms with E-state index >= 15 is 0 Å². The number of benzene rings is 3. The molecule has 3 aromatic rings. The minimum absolute atomic E-state index is 0.241. The Morgan fingerprint density at radius 3 is 1.71 bits per heavy atom. The van der Waals surface area contributed by atoms with Crippen LogP contribution in [-0.4, -0.2) is 33.0 Å². The van der Waals surface area contributed by atoms with Gasteiger partial charge in [-0.15, -0.1) is 0 Å². The Morgan fingerprint density at radius 2 is 1.17 bits per heavy atom. The van der Waals surface area contributed by atoms with Gasteiger partial charge in [-0.05, 0) is 99.2 Å². The molecule has 3 aromatic carbocycles. The number of hydrogen-bond acceptors (Lipinski definition) is 4. The number of rotatable bonds is 10. The third kappa shape index (κ3) is 4.71. The summed E-state index contributed by atoms with van der Waals surface area (Å²) in [5.41, 5.74) is 9.56. The average molecular weight is 472 g/mol. The largest absolute Gasteiger partial charge is 0.453 e. The topological polar surface area (TPSA) is 24.9 Å². The van der Waals surface area contributed by atoms with Crippen molar-refractivity contribution in [3.63, 3.8) is 0 Å². The maximum Gasteiger partial charge on any atom is 0.231 e. The van der Waals surface area contributed by atoms with Gasteiger partial charge < -0.3 is 19.3 Å². The van der Waals surface area contributed by atoms with Crippen LogP contribution in [0.2, 0.25) is 0 Å². The van der Waals surface area contributed by atoms with Crippen molar-refractivity contribution in [1.82, 2.24) is 0 Å². The molecule has 0 aliphatic carbocycles. The summed E-state index contributed by atoms with van der Waals surface area (Å²) < 4.78 is 12.1. The van der Waals surface area contributed by atoms with Gasteiger partial charge in [0.15, 0.2) is 11.5 Å². The summed E-state index contributed by atoms with van der Waals surface area (Å²) in [6.45, 7) is 17.5. The van der Waals surface area contributed by atoms with E-state index in [1.54, 1.807) is 0 Å². The lowest BCUT2D eigenvalue weighted by atomic mass is 9.91. The summed E-state index contributed by atoms with van der Waals surface area (Å²) in [5, 5.41) is 0. The molecule has 0 saturated carbocycles. The van der Waals surface area contributed by atoms with E-state index in [1.165, 1.54) is 33.6 Å². The molecule has 0 bridgehead atoms. The lowest BCUT2D eigenvalue weighted by Crippen LogP contribution is -2.21. The first-order valence-corrected chi connectivity index (χ1v) is 13.2. The lowest BCUT2D eigenvalue weighted by molar-refractivity contribution is 0.174. The first-order chi connectivity index (χ1) is 17.1. The maximum absolute atomic E-state index is 6.08. The SMILES string of the molecule is CCc1cc(N(CC)CC)ccc1-c1[c]cc(-c2ccc(N(CC)CC)cc2CC)c2c1OCO2. The monoisotopic (exact) mass is 471 g/mol. The molecule has 0 amide bonds. The number of hydrogen-bond donors (Lipinski definition) is 0. The molecule has 1 radical (unpaired) electrons. The zero-order valence-electron chi connectivity index (χ0n) is 22.2. The molecule has 1 aliphatic heterocycles. The van der Waals surface area contributed by atoms with E-state index in [4.69, 9.17) is 9.47 Å². The van der Waals surface area contributed by atoms with Gasteiger partial charge in [-0.25, -0.2) is 0 Å². The second-order valence-corrected chi connectivity index (χ2v) is 8.88. The van der Waals surface area contributed by atoms with Gasteiger partial charge >= 0.3 is 0 Å². The minimum Gasteiger partial charge on any atom is -0.453 e. The van der Waals surface area contributed by atoms with E-state index in [2.05, 4.69) is 99.9 Å². The molecule has 185 valence electrons. The van der Waals surface area contributed by atoms with Crippen molar-refractivity contribution in [3.8, 4) is 33.8 Å². The zero-order chi connectivity index (χ0) is 24.9. The van der Waals surface area contributed by atoms with Crippen molar-refractivity contribution in [3.05, 3.63) is 59.7 Å². The summed E-state index contributed by atoms with van der Waals surface area (Å²) in [5.74, 6) is 1.64. The Bertz CT molecular complexity index is 1070. The van der Waals surface area contributed by atoms with Crippen LogP contribution in [0.25, 0.3) is 22.3 Å². The fourth-order valence-corrected chi connectivity index (χ4v) is 5.16. The fraction of sp³-hybridized carbons (Fsp3) is 0.419. The average Bonchev–Trinajstić information content (AvgIpc) is 3.40. The van der Waals surface area contributed by atoms with Crippen molar-refractivity contribution < 1.29 is 9.47 Å². The van der Waals surface area contributed by atoms with E-state index in [0.717, 1.165) is 61.6 Å². The number of nitrogens with zero attached hydrogens (tertiary/aromatic N) is 2. The molecule has 35 heavy (non-hydrogen) atoms. The Morgan fingerprint density at radius 1 is 0.657 bits per heavy atom. The van der Waals surface area contributed by atoms with Crippen molar-refractivity contribution in [2.24, 2.45) is 0 Å². The van der Waals surface area contributed by atoms with Crippen LogP contribution in [0.15, 0.2) is 42.5 Å². The Labute approximate surface area is 211 Å². The molecule has 4 rings (SSSR count). The fourth-order valence-electron chi connectivity index (χ4n) is 5.16. The van der Waals surface area contributed by atoms with E-state index < -0.39 is 0 Å². The summed E-state index contributed by atoms with van der Waals surface area (Å²) in [4.78, 5) is 4.77. The third-order valence-electron chi connectivity index (χ3n) is 7.20. The number of aryl methyl sites for hydroxylation is 2. The van der Waals surface area contributed by atoms with Crippen LogP contribution in [-0.2, 0) is 12.8 Å². The van der Waals surface area contributed by atoms with E-state index in [0.29, 0.717) is 0 Å².